The van der Waals surface area contributed by atoms with Gasteiger partial charge in [-0.05, 0) is 19.1 Å². The molecule has 0 unspecified atom stereocenters. The molecule has 0 aromatic heterocycles. The maximum absolute atomic E-state index is 11.7. The normalized spacial score (nSPS) is 14.0. The van der Waals surface area contributed by atoms with E-state index < -0.39 is 15.1 Å². The summed E-state index contributed by atoms with van der Waals surface area (Å²) in [5.74, 6) is 0.122. The highest BCUT2D eigenvalue weighted by Crippen LogP contribution is 2.15. The van der Waals surface area contributed by atoms with E-state index in [1.165, 1.54) is 0 Å². The van der Waals surface area contributed by atoms with Gasteiger partial charge in [0.05, 0.1) is 10.1 Å². The molecule has 1 aromatic carbocycles. The van der Waals surface area contributed by atoms with E-state index in [0.717, 1.165) is 0 Å². The van der Waals surface area contributed by atoms with Crippen molar-refractivity contribution in [2.24, 2.45) is 0 Å². The molecule has 0 aliphatic carbocycles. The van der Waals surface area contributed by atoms with Crippen molar-refractivity contribution in [1.29, 1.82) is 0 Å². The molecule has 72 valence electrons. The summed E-state index contributed by atoms with van der Waals surface area (Å²) in [5.41, 5.74) is 0. The maximum atomic E-state index is 11.7. The Morgan fingerprint density at radius 1 is 1.31 bits per heavy atom. The Kier molecular flexibility index (Phi) is 3.33. The zero-order valence-electron chi connectivity index (χ0n) is 7.27. The third-order valence-electron chi connectivity index (χ3n) is 1.82. The van der Waals surface area contributed by atoms with Crippen molar-refractivity contribution >= 4 is 21.4 Å². The molecule has 0 aliphatic heterocycles. The van der Waals surface area contributed by atoms with E-state index in [9.17, 15) is 8.42 Å². The van der Waals surface area contributed by atoms with E-state index in [4.69, 9.17) is 11.6 Å². The van der Waals surface area contributed by atoms with Crippen molar-refractivity contribution in [3.63, 3.8) is 0 Å². The van der Waals surface area contributed by atoms with Gasteiger partial charge in [0, 0.05) is 5.88 Å². The molecule has 0 amide bonds. The van der Waals surface area contributed by atoms with Gasteiger partial charge in [-0.25, -0.2) is 8.42 Å². The van der Waals surface area contributed by atoms with E-state index in [2.05, 4.69) is 0 Å². The molecular formula is C9H11ClO2S. The largest absolute Gasteiger partial charge is 0.223 e. The minimum atomic E-state index is -3.22. The van der Waals surface area contributed by atoms with Gasteiger partial charge in [0.1, 0.15) is 0 Å². The summed E-state index contributed by atoms with van der Waals surface area (Å²) < 4.78 is 23.4. The minimum Gasteiger partial charge on any atom is -0.223 e. The van der Waals surface area contributed by atoms with E-state index in [1.54, 1.807) is 37.3 Å². The Bertz CT molecular complexity index is 358. The van der Waals surface area contributed by atoms with E-state index in [-0.39, 0.29) is 5.88 Å². The highest BCUT2D eigenvalue weighted by molar-refractivity contribution is 7.92. The molecule has 2 nitrogen and oxygen atoms in total. The number of halogens is 1. The Morgan fingerprint density at radius 2 is 1.85 bits per heavy atom. The topological polar surface area (TPSA) is 34.1 Å². The quantitative estimate of drug-likeness (QED) is 0.729. The molecule has 0 saturated carbocycles. The number of benzene rings is 1. The average Bonchev–Trinajstić information content (AvgIpc) is 2.18. The lowest BCUT2D eigenvalue weighted by molar-refractivity contribution is 0.588. The van der Waals surface area contributed by atoms with E-state index in [1.807, 2.05) is 0 Å². The first-order valence-corrected chi connectivity index (χ1v) is 6.02. The molecule has 1 aromatic rings. The van der Waals surface area contributed by atoms with Crippen LogP contribution in [0.4, 0.5) is 0 Å². The zero-order valence-corrected chi connectivity index (χ0v) is 8.85. The van der Waals surface area contributed by atoms with Gasteiger partial charge in [-0.3, -0.25) is 0 Å². The molecule has 0 bridgehead atoms. The molecule has 0 radical (unpaired) electrons. The van der Waals surface area contributed by atoms with Crippen LogP contribution in [0.5, 0.6) is 0 Å². The Balaban J connectivity index is 3.09. The van der Waals surface area contributed by atoms with Crippen LogP contribution in [0.25, 0.3) is 0 Å². The predicted molar refractivity (Wildman–Crippen MR) is 53.8 cm³/mol. The fourth-order valence-electron chi connectivity index (χ4n) is 0.925. The summed E-state index contributed by atoms with van der Waals surface area (Å²) in [5, 5.41) is -0.531. The monoisotopic (exact) mass is 218 g/mol. The van der Waals surface area contributed by atoms with Gasteiger partial charge in [0.15, 0.2) is 9.84 Å². The molecule has 1 atom stereocenters. The first-order chi connectivity index (χ1) is 6.09. The summed E-state index contributed by atoms with van der Waals surface area (Å²) in [6.45, 7) is 1.61. The van der Waals surface area contributed by atoms with Crippen molar-refractivity contribution < 1.29 is 8.42 Å². The van der Waals surface area contributed by atoms with Crippen molar-refractivity contribution in [3.05, 3.63) is 30.3 Å². The van der Waals surface area contributed by atoms with Gasteiger partial charge >= 0.3 is 0 Å². The van der Waals surface area contributed by atoms with Gasteiger partial charge < -0.3 is 0 Å². The minimum absolute atomic E-state index is 0.122. The number of sulfone groups is 1. The van der Waals surface area contributed by atoms with Gasteiger partial charge in [0.25, 0.3) is 0 Å². The highest BCUT2D eigenvalue weighted by atomic mass is 35.5. The van der Waals surface area contributed by atoms with Gasteiger partial charge in [-0.1, -0.05) is 18.2 Å². The molecule has 4 heteroatoms. The summed E-state index contributed by atoms with van der Waals surface area (Å²) >= 11 is 5.51. The lowest BCUT2D eigenvalue weighted by atomic mass is 10.4. The van der Waals surface area contributed by atoms with Crippen molar-refractivity contribution in [1.82, 2.24) is 0 Å². The van der Waals surface area contributed by atoms with Gasteiger partial charge in [0.2, 0.25) is 0 Å². The Labute approximate surface area is 83.5 Å². The predicted octanol–water partition coefficient (Wildman–Crippen LogP) is 2.09. The highest BCUT2D eigenvalue weighted by Gasteiger charge is 2.21. The smallest absolute Gasteiger partial charge is 0.182 e. The number of hydrogen-bond donors (Lipinski definition) is 0. The summed E-state index contributed by atoms with van der Waals surface area (Å²) in [6, 6.07) is 8.35. The first-order valence-electron chi connectivity index (χ1n) is 3.94. The molecule has 0 spiro atoms. The third kappa shape index (κ3) is 2.23. The maximum Gasteiger partial charge on any atom is 0.182 e. The molecule has 0 aliphatic rings. The molecule has 0 saturated heterocycles. The molecule has 0 N–H and O–H groups in total. The van der Waals surface area contributed by atoms with E-state index in [0.29, 0.717) is 4.90 Å². The van der Waals surface area contributed by atoms with E-state index >= 15 is 0 Å². The van der Waals surface area contributed by atoms with Crippen LogP contribution in [-0.4, -0.2) is 19.5 Å². The second-order valence-corrected chi connectivity index (χ2v) is 5.50. The zero-order chi connectivity index (χ0) is 9.90. The average molecular weight is 219 g/mol. The van der Waals surface area contributed by atoms with Crippen molar-refractivity contribution in [3.8, 4) is 0 Å². The lowest BCUT2D eigenvalue weighted by Gasteiger charge is -2.08. The van der Waals surface area contributed by atoms with Crippen LogP contribution < -0.4 is 0 Å². The molecule has 13 heavy (non-hydrogen) atoms. The molecule has 0 heterocycles. The lowest BCUT2D eigenvalue weighted by Crippen LogP contribution is -2.19. The van der Waals surface area contributed by atoms with Gasteiger partial charge in [-0.15, -0.1) is 11.6 Å². The molecular weight excluding hydrogens is 208 g/mol. The third-order valence-corrected chi connectivity index (χ3v) is 4.62. The number of hydrogen-bond acceptors (Lipinski definition) is 2. The Morgan fingerprint density at radius 3 is 2.31 bits per heavy atom. The second-order valence-electron chi connectivity index (χ2n) is 2.82. The summed E-state index contributed by atoms with van der Waals surface area (Å²) in [6.07, 6.45) is 0. The fraction of sp³-hybridized carbons (Fsp3) is 0.333. The summed E-state index contributed by atoms with van der Waals surface area (Å²) in [7, 11) is -3.22. The van der Waals surface area contributed by atoms with Crippen molar-refractivity contribution in [2.75, 3.05) is 5.88 Å². The van der Waals surface area contributed by atoms with Crippen LogP contribution in [0.1, 0.15) is 6.92 Å². The van der Waals surface area contributed by atoms with Crippen LogP contribution in [0.3, 0.4) is 0 Å². The van der Waals surface area contributed by atoms with Crippen LogP contribution in [0.2, 0.25) is 0 Å². The fourth-order valence-corrected chi connectivity index (χ4v) is 2.59. The summed E-state index contributed by atoms with van der Waals surface area (Å²) in [4.78, 5) is 0.336. The Hall–Kier alpha value is -0.540. The first kappa shape index (κ1) is 10.5. The number of alkyl halides is 1. The second kappa shape index (κ2) is 4.11. The standard InChI is InChI=1S/C9H11ClO2S/c1-8(7-10)13(11,12)9-5-3-2-4-6-9/h2-6,8H,7H2,1H3/t8-/m1/s1. The van der Waals surface area contributed by atoms with Crippen LogP contribution in [0, 0.1) is 0 Å². The van der Waals surface area contributed by atoms with Crippen molar-refractivity contribution in [2.45, 2.75) is 17.1 Å². The molecule has 1 rings (SSSR count). The van der Waals surface area contributed by atoms with Crippen LogP contribution in [0.15, 0.2) is 35.2 Å². The van der Waals surface area contributed by atoms with Crippen LogP contribution >= 0.6 is 11.6 Å². The van der Waals surface area contributed by atoms with Gasteiger partial charge in [-0.2, -0.15) is 0 Å². The SMILES string of the molecule is C[C@H](CCl)S(=O)(=O)c1ccccc1. The molecule has 0 fully saturated rings. The number of rotatable bonds is 3. The van der Waals surface area contributed by atoms with Crippen LogP contribution in [-0.2, 0) is 9.84 Å².